The summed E-state index contributed by atoms with van der Waals surface area (Å²) < 4.78 is 5.27. The number of aryl methyl sites for hydroxylation is 1. The van der Waals surface area contributed by atoms with Crippen LogP contribution in [0.1, 0.15) is 34.5 Å². The maximum absolute atomic E-state index is 12.7. The summed E-state index contributed by atoms with van der Waals surface area (Å²) in [6.07, 6.45) is 4.65. The number of benzene rings is 1. The van der Waals surface area contributed by atoms with Gasteiger partial charge >= 0.3 is 0 Å². The fourth-order valence-electron chi connectivity index (χ4n) is 2.66. The molecular formula is C16H18N2O2. The molecule has 0 atom stereocenters. The van der Waals surface area contributed by atoms with Crippen molar-refractivity contribution >= 4 is 11.6 Å². The number of hydrogen-bond donors (Lipinski definition) is 1. The number of anilines is 1. The largest absolute Gasteiger partial charge is 0.467 e. The molecule has 2 N–H and O–H groups in total. The second-order valence-corrected chi connectivity index (χ2v) is 5.05. The Bertz CT molecular complexity index is 618. The predicted octanol–water partition coefficient (Wildman–Crippen LogP) is 2.72. The second-order valence-electron chi connectivity index (χ2n) is 5.05. The minimum atomic E-state index is -0.0113. The number of amides is 1. The zero-order chi connectivity index (χ0) is 13.9. The third kappa shape index (κ3) is 2.34. The van der Waals surface area contributed by atoms with Crippen LogP contribution in [0.25, 0.3) is 0 Å². The first kappa shape index (κ1) is 12.9. The van der Waals surface area contributed by atoms with Crippen molar-refractivity contribution in [1.82, 2.24) is 0 Å². The van der Waals surface area contributed by atoms with Crippen molar-refractivity contribution in [1.29, 1.82) is 0 Å². The van der Waals surface area contributed by atoms with Gasteiger partial charge in [-0.05, 0) is 37.0 Å². The number of para-hydroxylation sites is 1. The molecule has 1 aliphatic heterocycles. The number of hydrogen-bond acceptors (Lipinski definition) is 3. The lowest BCUT2D eigenvalue weighted by molar-refractivity contribution is 0.0986. The van der Waals surface area contributed by atoms with Gasteiger partial charge in [-0.3, -0.25) is 4.79 Å². The molecule has 0 bridgehead atoms. The van der Waals surface area contributed by atoms with Gasteiger partial charge in [-0.25, -0.2) is 0 Å². The number of fused-ring (bicyclic) bond motifs is 1. The van der Waals surface area contributed by atoms with Crippen LogP contribution in [0.4, 0.5) is 5.69 Å². The maximum atomic E-state index is 12.7. The van der Waals surface area contributed by atoms with E-state index in [0.717, 1.165) is 31.5 Å². The minimum Gasteiger partial charge on any atom is -0.467 e. The van der Waals surface area contributed by atoms with Gasteiger partial charge in [-0.15, -0.1) is 0 Å². The molecule has 1 aromatic heterocycles. The summed E-state index contributed by atoms with van der Waals surface area (Å²) >= 11 is 0. The summed E-state index contributed by atoms with van der Waals surface area (Å²) in [4.78, 5) is 14.5. The summed E-state index contributed by atoms with van der Waals surface area (Å²) in [5, 5.41) is 0. The summed E-state index contributed by atoms with van der Waals surface area (Å²) in [6, 6.07) is 9.85. The summed E-state index contributed by atoms with van der Waals surface area (Å²) in [5.41, 5.74) is 8.35. The molecule has 2 aromatic rings. The fraction of sp³-hybridized carbons (Fsp3) is 0.312. The molecule has 20 heavy (non-hydrogen) atoms. The molecule has 0 saturated carbocycles. The van der Waals surface area contributed by atoms with E-state index < -0.39 is 0 Å². The van der Waals surface area contributed by atoms with Crippen molar-refractivity contribution in [2.24, 2.45) is 5.73 Å². The lowest BCUT2D eigenvalue weighted by Gasteiger charge is -2.22. The number of rotatable bonds is 2. The first-order valence-corrected chi connectivity index (χ1v) is 6.97. The topological polar surface area (TPSA) is 59.5 Å². The lowest BCUT2D eigenvalue weighted by Crippen LogP contribution is -2.31. The van der Waals surface area contributed by atoms with Gasteiger partial charge in [0.1, 0.15) is 12.0 Å². The van der Waals surface area contributed by atoms with Crippen LogP contribution in [-0.2, 0) is 13.0 Å². The number of carbonyl (C=O) groups excluding carboxylic acids is 1. The molecule has 0 spiro atoms. The Morgan fingerprint density at radius 2 is 2.15 bits per heavy atom. The van der Waals surface area contributed by atoms with Gasteiger partial charge < -0.3 is 15.1 Å². The number of nitrogens with zero attached hydrogens (tertiary/aromatic N) is 1. The van der Waals surface area contributed by atoms with Gasteiger partial charge in [0.15, 0.2) is 0 Å². The Balaban J connectivity index is 1.94. The SMILES string of the molecule is NCc1cc(C(=O)N2CCCCc3ccccc32)co1. The Morgan fingerprint density at radius 3 is 2.95 bits per heavy atom. The molecule has 0 unspecified atom stereocenters. The number of carbonyl (C=O) groups is 1. The molecule has 4 nitrogen and oxygen atoms in total. The van der Waals surface area contributed by atoms with Crippen molar-refractivity contribution < 1.29 is 9.21 Å². The zero-order valence-corrected chi connectivity index (χ0v) is 11.3. The van der Waals surface area contributed by atoms with Crippen LogP contribution in [0.15, 0.2) is 41.0 Å². The van der Waals surface area contributed by atoms with Gasteiger partial charge in [-0.2, -0.15) is 0 Å². The van der Waals surface area contributed by atoms with E-state index >= 15 is 0 Å². The quantitative estimate of drug-likeness (QED) is 0.912. The number of nitrogens with two attached hydrogens (primary N) is 1. The van der Waals surface area contributed by atoms with Crippen LogP contribution in [0.5, 0.6) is 0 Å². The van der Waals surface area contributed by atoms with Gasteiger partial charge in [0, 0.05) is 12.2 Å². The Morgan fingerprint density at radius 1 is 1.30 bits per heavy atom. The average molecular weight is 270 g/mol. The summed E-state index contributed by atoms with van der Waals surface area (Å²) in [7, 11) is 0. The van der Waals surface area contributed by atoms with Crippen LogP contribution in [-0.4, -0.2) is 12.5 Å². The van der Waals surface area contributed by atoms with E-state index in [1.807, 2.05) is 23.1 Å². The van der Waals surface area contributed by atoms with Crippen LogP contribution in [0.3, 0.4) is 0 Å². The molecule has 104 valence electrons. The van der Waals surface area contributed by atoms with Crippen LogP contribution in [0, 0.1) is 0 Å². The molecule has 0 radical (unpaired) electrons. The molecule has 0 fully saturated rings. The van der Waals surface area contributed by atoms with Gasteiger partial charge in [0.05, 0.1) is 12.1 Å². The average Bonchev–Trinajstić information content (AvgIpc) is 2.86. The lowest BCUT2D eigenvalue weighted by atomic mass is 10.1. The second kappa shape index (κ2) is 5.51. The molecule has 1 aliphatic rings. The third-order valence-electron chi connectivity index (χ3n) is 3.71. The molecule has 1 aromatic carbocycles. The Labute approximate surface area is 118 Å². The van der Waals surface area contributed by atoms with Crippen molar-refractivity contribution in [3.63, 3.8) is 0 Å². The molecule has 2 heterocycles. The van der Waals surface area contributed by atoms with Crippen molar-refractivity contribution in [3.05, 3.63) is 53.5 Å². The van der Waals surface area contributed by atoms with Crippen molar-refractivity contribution in [3.8, 4) is 0 Å². The van der Waals surface area contributed by atoms with E-state index in [-0.39, 0.29) is 5.91 Å². The monoisotopic (exact) mass is 270 g/mol. The first-order chi connectivity index (χ1) is 9.79. The minimum absolute atomic E-state index is 0.0113. The normalized spacial score (nSPS) is 14.8. The van der Waals surface area contributed by atoms with E-state index in [9.17, 15) is 4.79 Å². The van der Waals surface area contributed by atoms with Crippen molar-refractivity contribution in [2.75, 3.05) is 11.4 Å². The highest BCUT2D eigenvalue weighted by molar-refractivity contribution is 6.06. The predicted molar refractivity (Wildman–Crippen MR) is 77.7 cm³/mol. The van der Waals surface area contributed by atoms with Crippen LogP contribution in [0.2, 0.25) is 0 Å². The molecule has 4 heteroatoms. The third-order valence-corrected chi connectivity index (χ3v) is 3.71. The summed E-state index contributed by atoms with van der Waals surface area (Å²) in [5.74, 6) is 0.624. The maximum Gasteiger partial charge on any atom is 0.261 e. The molecule has 1 amide bonds. The highest BCUT2D eigenvalue weighted by atomic mass is 16.3. The Hall–Kier alpha value is -2.07. The molecular weight excluding hydrogens is 252 g/mol. The van der Waals surface area contributed by atoms with E-state index in [4.69, 9.17) is 10.2 Å². The number of furan rings is 1. The summed E-state index contributed by atoms with van der Waals surface area (Å²) in [6.45, 7) is 1.06. The van der Waals surface area contributed by atoms with Crippen molar-refractivity contribution in [2.45, 2.75) is 25.8 Å². The van der Waals surface area contributed by atoms with E-state index in [0.29, 0.717) is 17.9 Å². The van der Waals surface area contributed by atoms with E-state index in [2.05, 4.69) is 6.07 Å². The standard InChI is InChI=1S/C16H18N2O2/c17-10-14-9-13(11-20-14)16(19)18-8-4-3-6-12-5-1-2-7-15(12)18/h1-2,5,7,9,11H,3-4,6,8,10,17H2. The smallest absolute Gasteiger partial charge is 0.261 e. The van der Waals surface area contributed by atoms with E-state index in [1.165, 1.54) is 11.8 Å². The highest BCUT2D eigenvalue weighted by Crippen LogP contribution is 2.27. The molecule has 3 rings (SSSR count). The highest BCUT2D eigenvalue weighted by Gasteiger charge is 2.23. The molecule has 0 aliphatic carbocycles. The van der Waals surface area contributed by atoms with Gasteiger partial charge in [0.2, 0.25) is 0 Å². The first-order valence-electron chi connectivity index (χ1n) is 6.97. The van der Waals surface area contributed by atoms with Crippen LogP contribution >= 0.6 is 0 Å². The fourth-order valence-corrected chi connectivity index (χ4v) is 2.66. The Kier molecular flexibility index (Phi) is 3.56. The van der Waals surface area contributed by atoms with Crippen LogP contribution < -0.4 is 10.6 Å². The zero-order valence-electron chi connectivity index (χ0n) is 11.3. The van der Waals surface area contributed by atoms with Gasteiger partial charge in [-0.1, -0.05) is 18.2 Å². The van der Waals surface area contributed by atoms with Gasteiger partial charge in [0.25, 0.3) is 5.91 Å². The molecule has 0 saturated heterocycles. The van der Waals surface area contributed by atoms with E-state index in [1.54, 1.807) is 6.07 Å².